The Bertz CT molecular complexity index is 617. The van der Waals surface area contributed by atoms with Crippen LogP contribution in [-0.2, 0) is 0 Å². The molecule has 0 radical (unpaired) electrons. The summed E-state index contributed by atoms with van der Waals surface area (Å²) in [4.78, 5) is 0. The van der Waals surface area contributed by atoms with E-state index in [1.54, 1.807) is 6.07 Å². The van der Waals surface area contributed by atoms with Crippen LogP contribution in [0.3, 0.4) is 0 Å². The third kappa shape index (κ3) is 3.42. The SMILES string of the molecule is CC(C)Oc1cccc(Nc2ccc(F)cc2Br)c1N. The molecule has 2 aromatic carbocycles. The molecule has 0 heterocycles. The fraction of sp³-hybridized carbons (Fsp3) is 0.200. The smallest absolute Gasteiger partial charge is 0.144 e. The molecular weight excluding hydrogens is 323 g/mol. The van der Waals surface area contributed by atoms with Crippen LogP contribution >= 0.6 is 15.9 Å². The average molecular weight is 339 g/mol. The first-order chi connectivity index (χ1) is 9.47. The molecule has 0 fully saturated rings. The number of benzene rings is 2. The van der Waals surface area contributed by atoms with Crippen molar-refractivity contribution in [3.63, 3.8) is 0 Å². The minimum absolute atomic E-state index is 0.0464. The highest BCUT2D eigenvalue weighted by atomic mass is 79.9. The molecule has 2 rings (SSSR count). The van der Waals surface area contributed by atoms with E-state index in [1.165, 1.54) is 12.1 Å². The van der Waals surface area contributed by atoms with Gasteiger partial charge < -0.3 is 15.8 Å². The summed E-state index contributed by atoms with van der Waals surface area (Å²) in [7, 11) is 0. The Kier molecular flexibility index (Phi) is 4.49. The van der Waals surface area contributed by atoms with Gasteiger partial charge in [-0.1, -0.05) is 6.07 Å². The van der Waals surface area contributed by atoms with Crippen molar-refractivity contribution in [1.82, 2.24) is 0 Å². The molecule has 0 aliphatic carbocycles. The van der Waals surface area contributed by atoms with Gasteiger partial charge in [0.25, 0.3) is 0 Å². The van der Waals surface area contributed by atoms with Gasteiger partial charge in [0.2, 0.25) is 0 Å². The van der Waals surface area contributed by atoms with E-state index in [4.69, 9.17) is 10.5 Å². The zero-order valence-corrected chi connectivity index (χ0v) is 12.9. The largest absolute Gasteiger partial charge is 0.489 e. The van der Waals surface area contributed by atoms with E-state index in [0.717, 1.165) is 11.4 Å². The van der Waals surface area contributed by atoms with Gasteiger partial charge in [-0.15, -0.1) is 0 Å². The molecule has 0 aromatic heterocycles. The van der Waals surface area contributed by atoms with Gasteiger partial charge in [0.05, 0.1) is 23.2 Å². The average Bonchev–Trinajstić information content (AvgIpc) is 2.36. The van der Waals surface area contributed by atoms with E-state index in [2.05, 4.69) is 21.2 Å². The van der Waals surface area contributed by atoms with Crippen LogP contribution in [0.1, 0.15) is 13.8 Å². The normalized spacial score (nSPS) is 10.7. The van der Waals surface area contributed by atoms with Crippen LogP contribution in [0.5, 0.6) is 5.75 Å². The summed E-state index contributed by atoms with van der Waals surface area (Å²) < 4.78 is 19.3. The predicted molar refractivity (Wildman–Crippen MR) is 84.0 cm³/mol. The summed E-state index contributed by atoms with van der Waals surface area (Å²) >= 11 is 3.31. The van der Waals surface area contributed by atoms with E-state index in [9.17, 15) is 4.39 Å². The van der Waals surface area contributed by atoms with Gasteiger partial charge in [0, 0.05) is 4.47 Å². The number of nitrogens with two attached hydrogens (primary N) is 1. The van der Waals surface area contributed by atoms with E-state index < -0.39 is 0 Å². The Morgan fingerprint density at radius 2 is 1.95 bits per heavy atom. The third-order valence-electron chi connectivity index (χ3n) is 2.63. The van der Waals surface area contributed by atoms with Crippen molar-refractivity contribution in [2.75, 3.05) is 11.1 Å². The highest BCUT2D eigenvalue weighted by Gasteiger charge is 2.09. The lowest BCUT2D eigenvalue weighted by molar-refractivity contribution is 0.244. The van der Waals surface area contributed by atoms with Gasteiger partial charge in [-0.2, -0.15) is 0 Å². The quantitative estimate of drug-likeness (QED) is 0.794. The van der Waals surface area contributed by atoms with Crippen molar-refractivity contribution in [1.29, 1.82) is 0 Å². The first-order valence-electron chi connectivity index (χ1n) is 6.24. The van der Waals surface area contributed by atoms with Crippen LogP contribution in [0, 0.1) is 5.82 Å². The van der Waals surface area contributed by atoms with Crippen LogP contribution < -0.4 is 15.8 Å². The maximum Gasteiger partial charge on any atom is 0.144 e. The molecule has 0 bridgehead atoms. The summed E-state index contributed by atoms with van der Waals surface area (Å²) in [5.41, 5.74) is 8.06. The van der Waals surface area contributed by atoms with E-state index in [-0.39, 0.29) is 11.9 Å². The molecule has 3 nitrogen and oxygen atoms in total. The second-order valence-electron chi connectivity index (χ2n) is 4.63. The Hall–Kier alpha value is -1.75. The summed E-state index contributed by atoms with van der Waals surface area (Å²) in [5, 5.41) is 3.16. The molecule has 0 aliphatic rings. The van der Waals surface area contributed by atoms with Crippen molar-refractivity contribution in [3.8, 4) is 5.75 Å². The molecule has 5 heteroatoms. The van der Waals surface area contributed by atoms with Crippen molar-refractivity contribution in [2.24, 2.45) is 0 Å². The highest BCUT2D eigenvalue weighted by Crippen LogP contribution is 2.34. The Morgan fingerprint density at radius 1 is 1.20 bits per heavy atom. The lowest BCUT2D eigenvalue weighted by atomic mass is 10.2. The van der Waals surface area contributed by atoms with E-state index in [0.29, 0.717) is 15.9 Å². The van der Waals surface area contributed by atoms with Gasteiger partial charge in [-0.3, -0.25) is 0 Å². The van der Waals surface area contributed by atoms with E-state index >= 15 is 0 Å². The number of anilines is 3. The maximum atomic E-state index is 13.1. The van der Waals surface area contributed by atoms with Gasteiger partial charge >= 0.3 is 0 Å². The number of ether oxygens (including phenoxy) is 1. The highest BCUT2D eigenvalue weighted by molar-refractivity contribution is 9.10. The zero-order valence-electron chi connectivity index (χ0n) is 11.3. The molecule has 106 valence electrons. The molecule has 0 aliphatic heterocycles. The Balaban J connectivity index is 2.29. The lowest BCUT2D eigenvalue weighted by Gasteiger charge is -2.16. The summed E-state index contributed by atoms with van der Waals surface area (Å²) in [5.74, 6) is 0.329. The van der Waals surface area contributed by atoms with Crippen molar-refractivity contribution in [2.45, 2.75) is 20.0 Å². The maximum absolute atomic E-state index is 13.1. The number of nitrogens with one attached hydrogen (secondary N) is 1. The second-order valence-corrected chi connectivity index (χ2v) is 5.49. The number of para-hydroxylation sites is 1. The van der Waals surface area contributed by atoms with Crippen LogP contribution in [0.4, 0.5) is 21.5 Å². The van der Waals surface area contributed by atoms with Crippen molar-refractivity contribution in [3.05, 3.63) is 46.7 Å². The molecular formula is C15H16BrFN2O. The molecule has 20 heavy (non-hydrogen) atoms. The number of rotatable bonds is 4. The third-order valence-corrected chi connectivity index (χ3v) is 3.29. The van der Waals surface area contributed by atoms with Crippen molar-refractivity contribution < 1.29 is 9.13 Å². The lowest BCUT2D eigenvalue weighted by Crippen LogP contribution is -2.08. The second kappa shape index (κ2) is 6.13. The fourth-order valence-electron chi connectivity index (χ4n) is 1.75. The van der Waals surface area contributed by atoms with Crippen LogP contribution in [0.25, 0.3) is 0 Å². The Morgan fingerprint density at radius 3 is 2.60 bits per heavy atom. The Labute approximate surface area is 126 Å². The summed E-state index contributed by atoms with van der Waals surface area (Å²) in [6.45, 7) is 3.88. The molecule has 2 aromatic rings. The monoisotopic (exact) mass is 338 g/mol. The first kappa shape index (κ1) is 14.7. The van der Waals surface area contributed by atoms with Crippen LogP contribution in [-0.4, -0.2) is 6.10 Å². The fourth-order valence-corrected chi connectivity index (χ4v) is 2.20. The minimum atomic E-state index is -0.299. The standard InChI is InChI=1S/C15H16BrFN2O/c1-9(2)20-14-5-3-4-13(15(14)18)19-12-7-6-10(17)8-11(12)16/h3-9,19H,18H2,1-2H3. The summed E-state index contributed by atoms with van der Waals surface area (Å²) in [6.07, 6.45) is 0.0464. The molecule has 3 N–H and O–H groups in total. The first-order valence-corrected chi connectivity index (χ1v) is 7.04. The van der Waals surface area contributed by atoms with Gasteiger partial charge in [-0.25, -0.2) is 4.39 Å². The van der Waals surface area contributed by atoms with Crippen molar-refractivity contribution >= 4 is 33.0 Å². The van der Waals surface area contributed by atoms with Gasteiger partial charge in [0.1, 0.15) is 11.6 Å². The molecule has 0 atom stereocenters. The number of hydrogen-bond acceptors (Lipinski definition) is 3. The summed E-state index contributed by atoms with van der Waals surface area (Å²) in [6, 6.07) is 9.95. The topological polar surface area (TPSA) is 47.3 Å². The molecule has 0 amide bonds. The van der Waals surface area contributed by atoms with Gasteiger partial charge in [0.15, 0.2) is 0 Å². The van der Waals surface area contributed by atoms with E-state index in [1.807, 2.05) is 32.0 Å². The predicted octanol–water partition coefficient (Wildman–Crippen LogP) is 4.70. The molecule has 0 saturated heterocycles. The molecule has 0 saturated carbocycles. The zero-order chi connectivity index (χ0) is 14.7. The van der Waals surface area contributed by atoms with Crippen LogP contribution in [0.15, 0.2) is 40.9 Å². The molecule has 0 unspecified atom stereocenters. The van der Waals surface area contributed by atoms with Gasteiger partial charge in [-0.05, 0) is 60.1 Å². The van der Waals surface area contributed by atoms with Crippen LogP contribution in [0.2, 0.25) is 0 Å². The minimum Gasteiger partial charge on any atom is -0.489 e. The number of halogens is 2. The number of nitrogen functional groups attached to an aromatic ring is 1. The number of hydrogen-bond donors (Lipinski definition) is 2. The molecule has 0 spiro atoms.